The van der Waals surface area contributed by atoms with E-state index >= 15 is 0 Å². The first kappa shape index (κ1) is 28.2. The van der Waals surface area contributed by atoms with Crippen LogP contribution in [0.3, 0.4) is 0 Å². The molecular weight excluding hydrogens is 518 g/mol. The zero-order valence-electron chi connectivity index (χ0n) is 23.5. The largest absolute Gasteiger partial charge is 0.503 e. The molecule has 1 unspecified atom stereocenters. The Balaban J connectivity index is 0.000000794. The number of carboxylic acid groups (broad SMARTS) is 2. The van der Waals surface area contributed by atoms with Crippen LogP contribution < -0.4 is 10.1 Å². The van der Waals surface area contributed by atoms with E-state index in [0.29, 0.717) is 23.4 Å². The van der Waals surface area contributed by atoms with Crippen LogP contribution in [0.4, 0.5) is 16.3 Å². The van der Waals surface area contributed by atoms with Crippen molar-refractivity contribution in [1.29, 1.82) is 0 Å². The molecule has 2 aromatic heterocycles. The number of pyridine rings is 1. The van der Waals surface area contributed by atoms with E-state index < -0.39 is 6.16 Å². The summed E-state index contributed by atoms with van der Waals surface area (Å²) >= 11 is 0. The molecule has 2 heterocycles. The Morgan fingerprint density at radius 3 is 2.15 bits per heavy atom. The molecule has 0 spiro atoms. The maximum Gasteiger partial charge on any atom is 0.503 e. The van der Waals surface area contributed by atoms with Crippen molar-refractivity contribution in [1.82, 2.24) is 10.1 Å². The number of anilines is 2. The lowest BCUT2D eigenvalue weighted by molar-refractivity contribution is 0.118. The third-order valence-corrected chi connectivity index (χ3v) is 7.90. The highest BCUT2D eigenvalue weighted by molar-refractivity contribution is 5.79. The molecule has 2 aliphatic rings. The lowest BCUT2D eigenvalue weighted by atomic mass is 9.86. The highest BCUT2D eigenvalue weighted by Crippen LogP contribution is 2.41. The Bertz CT molecular complexity index is 1430. The van der Waals surface area contributed by atoms with Gasteiger partial charge in [0.2, 0.25) is 5.88 Å². The Morgan fingerprint density at radius 2 is 1.51 bits per heavy atom. The predicted molar refractivity (Wildman–Crippen MR) is 159 cm³/mol. The Hall–Kier alpha value is -4.33. The van der Waals surface area contributed by atoms with E-state index in [4.69, 9.17) is 29.3 Å². The van der Waals surface area contributed by atoms with Crippen molar-refractivity contribution < 1.29 is 24.3 Å². The molecule has 8 nitrogen and oxygen atoms in total. The number of benzene rings is 2. The highest BCUT2D eigenvalue weighted by atomic mass is 16.6. The highest BCUT2D eigenvalue weighted by Gasteiger charge is 2.24. The molecule has 0 radical (unpaired) electrons. The van der Waals surface area contributed by atoms with Crippen LogP contribution >= 0.6 is 0 Å². The fourth-order valence-corrected chi connectivity index (χ4v) is 5.46. The van der Waals surface area contributed by atoms with E-state index in [2.05, 4.69) is 65.9 Å². The van der Waals surface area contributed by atoms with Crippen molar-refractivity contribution in [3.8, 4) is 28.3 Å². The van der Waals surface area contributed by atoms with E-state index in [1.165, 1.54) is 61.6 Å². The van der Waals surface area contributed by atoms with E-state index in [9.17, 15) is 0 Å². The summed E-state index contributed by atoms with van der Waals surface area (Å²) < 4.78 is 12.0. The first-order chi connectivity index (χ1) is 19.9. The molecule has 6 rings (SSSR count). The van der Waals surface area contributed by atoms with Crippen LogP contribution in [0.5, 0.6) is 5.88 Å². The summed E-state index contributed by atoms with van der Waals surface area (Å²) in [6.07, 6.45) is 7.42. The quantitative estimate of drug-likeness (QED) is 0.197. The molecule has 0 amide bonds. The van der Waals surface area contributed by atoms with Gasteiger partial charge in [-0.1, -0.05) is 79.0 Å². The van der Waals surface area contributed by atoms with Crippen molar-refractivity contribution in [3.63, 3.8) is 0 Å². The summed E-state index contributed by atoms with van der Waals surface area (Å²) in [6, 6.07) is 23.3. The second-order valence-electron chi connectivity index (χ2n) is 10.9. The summed E-state index contributed by atoms with van der Waals surface area (Å²) in [5.41, 5.74) is 6.46. The third-order valence-electron chi connectivity index (χ3n) is 7.90. The standard InChI is InChI=1S/C32H35N3O2.CH2O3/c1-21-31(34-29-9-6-10-30(33-29)36-22(2)23-7-4-3-5-8-23)32(37-35-21)28-19-17-27(18-20-28)26-15-13-25(14-16-26)24-11-12-24;2-1(3)4/h6,9-10,13-20,22-24H,3-5,7-8,11-12H2,1-2H3,(H,33,34);(H2,2,3,4). The molecule has 2 saturated carbocycles. The van der Waals surface area contributed by atoms with Gasteiger partial charge in [0, 0.05) is 11.6 Å². The summed E-state index contributed by atoms with van der Waals surface area (Å²) in [5.74, 6) is 3.46. The van der Waals surface area contributed by atoms with Gasteiger partial charge in [0.05, 0.1) is 0 Å². The molecule has 2 aliphatic carbocycles. The molecule has 3 N–H and O–H groups in total. The van der Waals surface area contributed by atoms with Gasteiger partial charge in [-0.3, -0.25) is 0 Å². The van der Waals surface area contributed by atoms with Crippen LogP contribution in [-0.4, -0.2) is 32.6 Å². The van der Waals surface area contributed by atoms with Crippen molar-refractivity contribution in [2.45, 2.75) is 70.8 Å². The van der Waals surface area contributed by atoms with Gasteiger partial charge in [-0.15, -0.1) is 0 Å². The van der Waals surface area contributed by atoms with Crippen LogP contribution in [0.1, 0.15) is 69.0 Å². The summed E-state index contributed by atoms with van der Waals surface area (Å²) in [7, 11) is 0. The minimum absolute atomic E-state index is 0.166. The van der Waals surface area contributed by atoms with Crippen molar-refractivity contribution in [2.24, 2.45) is 5.92 Å². The monoisotopic (exact) mass is 555 g/mol. The van der Waals surface area contributed by atoms with Crippen LogP contribution in [0.2, 0.25) is 0 Å². The van der Waals surface area contributed by atoms with Gasteiger partial charge in [0.25, 0.3) is 0 Å². The maximum atomic E-state index is 8.56. The molecule has 8 heteroatoms. The molecule has 41 heavy (non-hydrogen) atoms. The van der Waals surface area contributed by atoms with Gasteiger partial charge in [-0.05, 0) is 74.1 Å². The van der Waals surface area contributed by atoms with Crippen LogP contribution in [0.25, 0.3) is 22.5 Å². The summed E-state index contributed by atoms with van der Waals surface area (Å²) in [6.45, 7) is 4.11. The molecule has 2 fully saturated rings. The van der Waals surface area contributed by atoms with Crippen LogP contribution in [0.15, 0.2) is 71.3 Å². The van der Waals surface area contributed by atoms with E-state index in [0.717, 1.165) is 22.9 Å². The zero-order chi connectivity index (χ0) is 28.8. The van der Waals surface area contributed by atoms with Gasteiger partial charge in [-0.25, -0.2) is 4.79 Å². The molecular formula is C33H37N3O5. The smallest absolute Gasteiger partial charge is 0.474 e. The predicted octanol–water partition coefficient (Wildman–Crippen LogP) is 8.90. The van der Waals surface area contributed by atoms with Gasteiger partial charge in [0.15, 0.2) is 5.76 Å². The average Bonchev–Trinajstić information content (AvgIpc) is 3.77. The number of ether oxygens (including phenoxy) is 1. The first-order valence-electron chi connectivity index (χ1n) is 14.4. The van der Waals surface area contributed by atoms with Crippen molar-refractivity contribution in [3.05, 3.63) is 78.0 Å². The average molecular weight is 556 g/mol. The number of nitrogens with one attached hydrogen (secondary N) is 1. The van der Waals surface area contributed by atoms with E-state index in [-0.39, 0.29) is 6.10 Å². The van der Waals surface area contributed by atoms with Crippen molar-refractivity contribution in [2.75, 3.05) is 5.32 Å². The third kappa shape index (κ3) is 7.45. The van der Waals surface area contributed by atoms with Crippen LogP contribution in [0, 0.1) is 12.8 Å². The molecule has 214 valence electrons. The molecule has 0 saturated heterocycles. The maximum absolute atomic E-state index is 8.56. The van der Waals surface area contributed by atoms with Gasteiger partial charge in [0.1, 0.15) is 23.3 Å². The zero-order valence-corrected chi connectivity index (χ0v) is 23.5. The number of aromatic nitrogens is 2. The lowest BCUT2D eigenvalue weighted by Gasteiger charge is -2.27. The van der Waals surface area contributed by atoms with Crippen molar-refractivity contribution >= 4 is 17.7 Å². The van der Waals surface area contributed by atoms with E-state index in [1.54, 1.807) is 0 Å². The summed E-state index contributed by atoms with van der Waals surface area (Å²) in [5, 5.41) is 21.6. The fraction of sp³-hybridized carbons (Fsp3) is 0.364. The Labute approximate surface area is 240 Å². The van der Waals surface area contributed by atoms with Crippen LogP contribution in [-0.2, 0) is 0 Å². The minimum Gasteiger partial charge on any atom is -0.474 e. The number of rotatable bonds is 8. The number of hydrogen-bond donors (Lipinski definition) is 3. The molecule has 4 aromatic rings. The number of aryl methyl sites for hydroxylation is 1. The summed E-state index contributed by atoms with van der Waals surface area (Å²) in [4.78, 5) is 13.3. The second-order valence-corrected chi connectivity index (χ2v) is 10.9. The molecule has 1 atom stereocenters. The second kappa shape index (κ2) is 12.9. The van der Waals surface area contributed by atoms with Gasteiger partial charge >= 0.3 is 6.16 Å². The minimum atomic E-state index is -1.83. The Kier molecular flexibility index (Phi) is 8.87. The number of carbonyl (C=O) groups is 1. The van der Waals surface area contributed by atoms with Gasteiger partial charge < -0.3 is 24.8 Å². The van der Waals surface area contributed by atoms with Gasteiger partial charge in [-0.2, -0.15) is 4.98 Å². The molecule has 0 bridgehead atoms. The number of hydrogen-bond acceptors (Lipinski definition) is 6. The Morgan fingerprint density at radius 1 is 0.902 bits per heavy atom. The molecule has 0 aliphatic heterocycles. The lowest BCUT2D eigenvalue weighted by Crippen LogP contribution is -2.26. The number of nitrogens with zero attached hydrogens (tertiary/aromatic N) is 2. The van der Waals surface area contributed by atoms with E-state index in [1.807, 2.05) is 25.1 Å². The fourth-order valence-electron chi connectivity index (χ4n) is 5.46. The SMILES string of the molecule is Cc1noc(-c2ccc(-c3ccc(C4CC4)cc3)cc2)c1Nc1cccc(OC(C)C2CCCCC2)n1.O=C(O)O. The first-order valence-corrected chi connectivity index (χ1v) is 14.4. The normalized spacial score (nSPS) is 15.9. The molecule has 2 aromatic carbocycles. The topological polar surface area (TPSA) is 118 Å².